The van der Waals surface area contributed by atoms with Crippen LogP contribution < -0.4 is 0 Å². The molecule has 5 heteroatoms. The molecule has 0 N–H and O–H groups in total. The maximum Gasteiger partial charge on any atom is 0.191 e. The molecule has 1 aliphatic carbocycles. The Morgan fingerprint density at radius 2 is 1.78 bits per heavy atom. The molecule has 0 aliphatic heterocycles. The Hall–Kier alpha value is 1.43. The molecule has 0 saturated heterocycles. The molecule has 0 radical (unpaired) electrons. The molecule has 1 aliphatic rings. The van der Waals surface area contributed by atoms with Crippen molar-refractivity contribution in [1.29, 1.82) is 0 Å². The molecule has 0 bridgehead atoms. The van der Waals surface area contributed by atoms with Crippen molar-refractivity contribution in [2.45, 2.75) is 55.0 Å². The van der Waals surface area contributed by atoms with E-state index < -0.39 is 8.32 Å². The van der Waals surface area contributed by atoms with Crippen LogP contribution in [0.2, 0.25) is 18.1 Å². The Morgan fingerprint density at radius 1 is 1.22 bits per heavy atom. The Labute approximate surface area is 135 Å². The minimum atomic E-state index is -1.62. The summed E-state index contributed by atoms with van der Waals surface area (Å²) >= 11 is 13.3. The number of rotatable bonds is 6. The second-order valence-corrected chi connectivity index (χ2v) is 15.7. The fourth-order valence-electron chi connectivity index (χ4n) is 1.89. The van der Waals surface area contributed by atoms with Gasteiger partial charge in [0.2, 0.25) is 0 Å². The Morgan fingerprint density at radius 3 is 2.22 bits per heavy atom. The van der Waals surface area contributed by atoms with Gasteiger partial charge in [0.25, 0.3) is 0 Å². The molecule has 0 aromatic rings. The highest BCUT2D eigenvalue weighted by Gasteiger charge is 2.61. The summed E-state index contributed by atoms with van der Waals surface area (Å²) in [4.78, 5) is 0. The molecule has 0 heterocycles. The number of halogens is 3. The van der Waals surface area contributed by atoms with Crippen LogP contribution in [-0.2, 0) is 4.43 Å². The zero-order chi connectivity index (χ0) is 14.2. The first-order chi connectivity index (χ1) is 8.04. The summed E-state index contributed by atoms with van der Waals surface area (Å²) < 4.78 is 6.40. The molecule has 0 aromatic heterocycles. The van der Waals surface area contributed by atoms with Gasteiger partial charge < -0.3 is 4.43 Å². The van der Waals surface area contributed by atoms with Crippen LogP contribution in [-0.4, -0.2) is 24.0 Å². The first-order valence-electron chi connectivity index (χ1n) is 6.62. The summed E-state index contributed by atoms with van der Waals surface area (Å²) in [7, 11) is -1.62. The third-order valence-electron chi connectivity index (χ3n) is 4.44. The van der Waals surface area contributed by atoms with Gasteiger partial charge in [-0.3, -0.25) is 0 Å². The van der Waals surface area contributed by atoms with Crippen molar-refractivity contribution < 1.29 is 4.43 Å². The highest BCUT2D eigenvalue weighted by atomic mass is 79.9. The minimum absolute atomic E-state index is 0.0917. The molecule has 18 heavy (non-hydrogen) atoms. The van der Waals surface area contributed by atoms with Crippen LogP contribution >= 0.6 is 43.5 Å². The van der Waals surface area contributed by atoms with Gasteiger partial charge in [-0.15, -0.1) is 11.6 Å². The number of hydrogen-bond acceptors (Lipinski definition) is 1. The van der Waals surface area contributed by atoms with Crippen molar-refractivity contribution in [3.8, 4) is 0 Å². The molecule has 1 fully saturated rings. The van der Waals surface area contributed by atoms with Gasteiger partial charge in [0, 0.05) is 18.4 Å². The van der Waals surface area contributed by atoms with Crippen LogP contribution in [0, 0.1) is 11.8 Å². The lowest BCUT2D eigenvalue weighted by Gasteiger charge is -2.36. The standard InChI is InChI=1S/C13H25Br2ClOSi/c1-12(2,3)18(4,5)17-9-11-10(7-6-8-16)13(11,14)15/h10-11H,6-9H2,1-5H3/t10-,11+/m1/s1. The van der Waals surface area contributed by atoms with Crippen LogP contribution in [0.4, 0.5) is 0 Å². The van der Waals surface area contributed by atoms with Crippen LogP contribution in [0.25, 0.3) is 0 Å². The van der Waals surface area contributed by atoms with E-state index in [0.717, 1.165) is 18.9 Å². The van der Waals surface area contributed by atoms with Crippen molar-refractivity contribution in [1.82, 2.24) is 0 Å². The van der Waals surface area contributed by atoms with E-state index >= 15 is 0 Å². The topological polar surface area (TPSA) is 9.23 Å². The SMILES string of the molecule is CC(C)(C)[Si](C)(C)OC[C@H]1[C@@H](CCCCl)C1(Br)Br. The van der Waals surface area contributed by atoms with Gasteiger partial charge in [-0.1, -0.05) is 52.6 Å². The Balaban J connectivity index is 2.46. The molecule has 0 amide bonds. The van der Waals surface area contributed by atoms with E-state index in [1.807, 2.05) is 0 Å². The van der Waals surface area contributed by atoms with Crippen LogP contribution in [0.1, 0.15) is 33.6 Å². The Bertz CT molecular complexity index is 289. The van der Waals surface area contributed by atoms with Crippen LogP contribution in [0.5, 0.6) is 0 Å². The summed E-state index contributed by atoms with van der Waals surface area (Å²) in [6, 6.07) is 0. The van der Waals surface area contributed by atoms with Crippen LogP contribution in [0.3, 0.4) is 0 Å². The average molecular weight is 421 g/mol. The highest BCUT2D eigenvalue weighted by Crippen LogP contribution is 2.64. The molecule has 1 rings (SSSR count). The fraction of sp³-hybridized carbons (Fsp3) is 1.00. The monoisotopic (exact) mass is 418 g/mol. The molecule has 1 nitrogen and oxygen atoms in total. The molecular formula is C13H25Br2ClOSi. The summed E-state index contributed by atoms with van der Waals surface area (Å²) in [6.07, 6.45) is 2.26. The van der Waals surface area contributed by atoms with E-state index in [9.17, 15) is 0 Å². The fourth-order valence-corrected chi connectivity index (χ4v) is 4.81. The van der Waals surface area contributed by atoms with Crippen molar-refractivity contribution in [3.05, 3.63) is 0 Å². The van der Waals surface area contributed by atoms with Gasteiger partial charge in [-0.2, -0.15) is 0 Å². The van der Waals surface area contributed by atoms with E-state index in [1.165, 1.54) is 6.42 Å². The molecule has 0 aromatic carbocycles. The summed E-state index contributed by atoms with van der Waals surface area (Å²) in [5, 5.41) is 0.287. The smallest absolute Gasteiger partial charge is 0.191 e. The largest absolute Gasteiger partial charge is 0.416 e. The van der Waals surface area contributed by atoms with Gasteiger partial charge in [0.05, 0.1) is 3.23 Å². The zero-order valence-corrected chi connectivity index (χ0v) is 17.0. The Kier molecular flexibility index (Phi) is 5.87. The van der Waals surface area contributed by atoms with Crippen molar-refractivity contribution in [3.63, 3.8) is 0 Å². The van der Waals surface area contributed by atoms with Crippen molar-refractivity contribution >= 4 is 51.8 Å². The predicted molar refractivity (Wildman–Crippen MR) is 90.7 cm³/mol. The maximum atomic E-state index is 6.31. The third kappa shape index (κ3) is 3.97. The average Bonchev–Trinajstić information content (AvgIpc) is 2.72. The van der Waals surface area contributed by atoms with E-state index in [0.29, 0.717) is 11.8 Å². The highest BCUT2D eigenvalue weighted by molar-refractivity contribution is 9.25. The lowest BCUT2D eigenvalue weighted by atomic mass is 10.2. The molecular weight excluding hydrogens is 395 g/mol. The summed E-state index contributed by atoms with van der Waals surface area (Å²) in [6.45, 7) is 12.3. The molecule has 108 valence electrons. The number of alkyl halides is 3. The van der Waals surface area contributed by atoms with Gasteiger partial charge in [0.15, 0.2) is 8.32 Å². The lowest BCUT2D eigenvalue weighted by Crippen LogP contribution is -2.41. The lowest BCUT2D eigenvalue weighted by molar-refractivity contribution is 0.264. The van der Waals surface area contributed by atoms with Gasteiger partial charge in [0.1, 0.15) is 0 Å². The van der Waals surface area contributed by atoms with Gasteiger partial charge >= 0.3 is 0 Å². The second-order valence-electron chi connectivity index (χ2n) is 6.79. The first-order valence-corrected chi connectivity index (χ1v) is 11.6. The molecule has 0 spiro atoms. The van der Waals surface area contributed by atoms with E-state index in [4.69, 9.17) is 16.0 Å². The first kappa shape index (κ1) is 17.5. The zero-order valence-electron chi connectivity index (χ0n) is 12.0. The van der Waals surface area contributed by atoms with Crippen LogP contribution in [0.15, 0.2) is 0 Å². The second kappa shape index (κ2) is 6.04. The summed E-state index contributed by atoms with van der Waals surface area (Å²) in [5.41, 5.74) is 0. The van der Waals surface area contributed by atoms with Gasteiger partial charge in [-0.25, -0.2) is 0 Å². The van der Waals surface area contributed by atoms with E-state index in [2.05, 4.69) is 65.7 Å². The normalized spacial score (nSPS) is 27.3. The van der Waals surface area contributed by atoms with Crippen molar-refractivity contribution in [2.24, 2.45) is 11.8 Å². The van der Waals surface area contributed by atoms with E-state index in [1.54, 1.807) is 0 Å². The third-order valence-corrected chi connectivity index (χ3v) is 11.6. The minimum Gasteiger partial charge on any atom is -0.416 e. The summed E-state index contributed by atoms with van der Waals surface area (Å²) in [5.74, 6) is 1.98. The molecule has 0 unspecified atom stereocenters. The maximum absolute atomic E-state index is 6.31. The number of hydrogen-bond donors (Lipinski definition) is 0. The molecule has 2 atom stereocenters. The predicted octanol–water partition coefficient (Wildman–Crippen LogP) is 5.76. The molecule has 1 saturated carbocycles. The van der Waals surface area contributed by atoms with Gasteiger partial charge in [-0.05, 0) is 36.9 Å². The van der Waals surface area contributed by atoms with Crippen molar-refractivity contribution in [2.75, 3.05) is 12.5 Å². The quantitative estimate of drug-likeness (QED) is 0.392. The van der Waals surface area contributed by atoms with E-state index in [-0.39, 0.29) is 8.27 Å².